The summed E-state index contributed by atoms with van der Waals surface area (Å²) < 4.78 is 5.19. The molecule has 2 aromatic carbocycles. The Balaban J connectivity index is 0.000000604. The van der Waals surface area contributed by atoms with Crippen molar-refractivity contribution in [1.29, 1.82) is 0 Å². The van der Waals surface area contributed by atoms with E-state index in [1.165, 1.54) is 5.56 Å². The lowest BCUT2D eigenvalue weighted by Gasteiger charge is -2.34. The van der Waals surface area contributed by atoms with Gasteiger partial charge in [-0.15, -0.1) is 0 Å². The number of nitrogens with zero attached hydrogens (tertiary/aromatic N) is 2. The van der Waals surface area contributed by atoms with Crippen molar-refractivity contribution in [3.8, 4) is 11.5 Å². The maximum absolute atomic E-state index is 13.0. The van der Waals surface area contributed by atoms with Gasteiger partial charge in [-0.2, -0.15) is 0 Å². The van der Waals surface area contributed by atoms with Crippen LogP contribution in [0.1, 0.15) is 30.9 Å². The minimum Gasteiger partial charge on any atom is -0.504 e. The minimum atomic E-state index is -1.82. The van der Waals surface area contributed by atoms with Crippen molar-refractivity contribution in [3.63, 3.8) is 0 Å². The smallest absolute Gasteiger partial charge is 0.414 e. The van der Waals surface area contributed by atoms with Crippen LogP contribution in [0.25, 0.3) is 0 Å². The van der Waals surface area contributed by atoms with Crippen LogP contribution in [0.5, 0.6) is 11.5 Å². The Kier molecular flexibility index (Phi) is 10.3. The van der Waals surface area contributed by atoms with Gasteiger partial charge in [-0.3, -0.25) is 9.69 Å². The standard InChI is InChI=1S/C23H30N2O3.C2H2O4/c1-3-25(16-18-8-5-4-6-9-18)23(27)19-12-14-24(15-13-19)17-20-10-7-11-21(28-2)22(20)26;3-1(4)2(5)6/h4-11,19,26H,3,12-17H2,1-2H3;(H,3,4)(H,5,6). The number of phenols is 1. The normalized spacial score (nSPS) is 13.9. The number of ether oxygens (including phenoxy) is 1. The largest absolute Gasteiger partial charge is 0.504 e. The molecule has 0 unspecified atom stereocenters. The number of hydrogen-bond acceptors (Lipinski definition) is 6. The fourth-order valence-electron chi connectivity index (χ4n) is 3.85. The molecule has 0 saturated carbocycles. The number of phenolic OH excluding ortho intramolecular Hbond substituents is 1. The van der Waals surface area contributed by atoms with Crippen LogP contribution in [-0.4, -0.2) is 69.7 Å². The van der Waals surface area contributed by atoms with Crippen molar-refractivity contribution in [2.45, 2.75) is 32.9 Å². The maximum Gasteiger partial charge on any atom is 0.414 e. The van der Waals surface area contributed by atoms with Gasteiger partial charge in [0.05, 0.1) is 7.11 Å². The van der Waals surface area contributed by atoms with E-state index in [4.69, 9.17) is 24.5 Å². The SMILES string of the molecule is CCN(Cc1ccccc1)C(=O)C1CCN(Cc2cccc(OC)c2O)CC1.O=C(O)C(=O)O. The highest BCUT2D eigenvalue weighted by Gasteiger charge is 2.28. The van der Waals surface area contributed by atoms with Crippen molar-refractivity contribution in [3.05, 3.63) is 59.7 Å². The number of carbonyl (C=O) groups is 3. The molecule has 1 heterocycles. The summed E-state index contributed by atoms with van der Waals surface area (Å²) in [7, 11) is 1.56. The van der Waals surface area contributed by atoms with E-state index >= 15 is 0 Å². The number of para-hydroxylation sites is 1. The highest BCUT2D eigenvalue weighted by Crippen LogP contribution is 2.31. The fraction of sp³-hybridized carbons (Fsp3) is 0.400. The zero-order valence-electron chi connectivity index (χ0n) is 19.5. The molecule has 1 aliphatic heterocycles. The second-order valence-corrected chi connectivity index (χ2v) is 7.97. The summed E-state index contributed by atoms with van der Waals surface area (Å²) in [5.41, 5.74) is 2.03. The first-order valence-electron chi connectivity index (χ1n) is 11.1. The molecule has 0 radical (unpaired) electrons. The van der Waals surface area contributed by atoms with Gasteiger partial charge in [0.25, 0.3) is 0 Å². The quantitative estimate of drug-likeness (QED) is 0.525. The Hall–Kier alpha value is -3.59. The number of methoxy groups -OCH3 is 1. The Morgan fingerprint density at radius 2 is 1.62 bits per heavy atom. The molecule has 34 heavy (non-hydrogen) atoms. The number of rotatable bonds is 7. The highest BCUT2D eigenvalue weighted by molar-refractivity contribution is 6.27. The summed E-state index contributed by atoms with van der Waals surface area (Å²) in [5.74, 6) is -2.59. The van der Waals surface area contributed by atoms with Gasteiger partial charge in [-0.25, -0.2) is 9.59 Å². The van der Waals surface area contributed by atoms with Crippen LogP contribution >= 0.6 is 0 Å². The molecular weight excluding hydrogens is 440 g/mol. The zero-order chi connectivity index (χ0) is 25.1. The van der Waals surface area contributed by atoms with E-state index in [9.17, 15) is 9.90 Å². The molecule has 9 heteroatoms. The molecule has 1 amide bonds. The average Bonchev–Trinajstić information content (AvgIpc) is 2.85. The Bertz CT molecular complexity index is 945. The third kappa shape index (κ3) is 7.77. The van der Waals surface area contributed by atoms with E-state index in [1.54, 1.807) is 13.2 Å². The van der Waals surface area contributed by atoms with Crippen LogP contribution in [0.3, 0.4) is 0 Å². The van der Waals surface area contributed by atoms with E-state index in [1.807, 2.05) is 42.2 Å². The number of hydrogen-bond donors (Lipinski definition) is 3. The number of likely N-dealkylation sites (tertiary alicyclic amines) is 1. The Morgan fingerprint density at radius 1 is 1.00 bits per heavy atom. The van der Waals surface area contributed by atoms with Gasteiger partial charge in [0.2, 0.25) is 5.91 Å². The molecule has 0 atom stereocenters. The Morgan fingerprint density at radius 3 is 2.15 bits per heavy atom. The van der Waals surface area contributed by atoms with Crippen LogP contribution < -0.4 is 4.74 Å². The van der Waals surface area contributed by atoms with Crippen molar-refractivity contribution in [2.75, 3.05) is 26.7 Å². The summed E-state index contributed by atoms with van der Waals surface area (Å²) in [6.45, 7) is 5.83. The van der Waals surface area contributed by atoms with Gasteiger partial charge in [-0.1, -0.05) is 42.5 Å². The number of amides is 1. The summed E-state index contributed by atoms with van der Waals surface area (Å²) >= 11 is 0. The fourth-order valence-corrected chi connectivity index (χ4v) is 3.85. The number of benzene rings is 2. The number of carbonyl (C=O) groups excluding carboxylic acids is 1. The summed E-state index contributed by atoms with van der Waals surface area (Å²) in [4.78, 5) is 35.4. The second-order valence-electron chi connectivity index (χ2n) is 7.97. The molecule has 0 aromatic heterocycles. The molecule has 1 aliphatic rings. The number of aliphatic carboxylic acids is 2. The third-order valence-electron chi connectivity index (χ3n) is 5.73. The van der Waals surface area contributed by atoms with Gasteiger partial charge in [0.15, 0.2) is 11.5 Å². The van der Waals surface area contributed by atoms with E-state index < -0.39 is 11.9 Å². The first-order chi connectivity index (χ1) is 16.3. The summed E-state index contributed by atoms with van der Waals surface area (Å²) in [6, 6.07) is 15.7. The van der Waals surface area contributed by atoms with Crippen molar-refractivity contribution in [2.24, 2.45) is 5.92 Å². The predicted molar refractivity (Wildman–Crippen MR) is 125 cm³/mol. The summed E-state index contributed by atoms with van der Waals surface area (Å²) in [6.07, 6.45) is 1.71. The molecule has 2 aromatic rings. The average molecular weight is 473 g/mol. The summed E-state index contributed by atoms with van der Waals surface area (Å²) in [5, 5.41) is 25.1. The highest BCUT2D eigenvalue weighted by atomic mass is 16.5. The lowest BCUT2D eigenvalue weighted by molar-refractivity contribution is -0.159. The Labute approximate surface area is 199 Å². The van der Waals surface area contributed by atoms with E-state index in [0.717, 1.165) is 38.0 Å². The molecule has 1 saturated heterocycles. The van der Waals surface area contributed by atoms with Gasteiger partial charge in [0.1, 0.15) is 0 Å². The number of carboxylic acid groups (broad SMARTS) is 2. The molecule has 0 spiro atoms. The molecular formula is C25H32N2O7. The topological polar surface area (TPSA) is 128 Å². The van der Waals surface area contributed by atoms with Crippen molar-refractivity contribution < 1.29 is 34.4 Å². The van der Waals surface area contributed by atoms with Gasteiger partial charge in [-0.05, 0) is 44.5 Å². The molecule has 9 nitrogen and oxygen atoms in total. The predicted octanol–water partition coefficient (Wildman–Crippen LogP) is 2.82. The van der Waals surface area contributed by atoms with E-state index in [2.05, 4.69) is 17.0 Å². The van der Waals surface area contributed by atoms with Crippen molar-refractivity contribution in [1.82, 2.24) is 9.80 Å². The van der Waals surface area contributed by atoms with E-state index in [-0.39, 0.29) is 17.6 Å². The maximum atomic E-state index is 13.0. The number of piperidine rings is 1. The lowest BCUT2D eigenvalue weighted by atomic mass is 9.94. The van der Waals surface area contributed by atoms with Crippen LogP contribution in [0.4, 0.5) is 0 Å². The van der Waals surface area contributed by atoms with Crippen LogP contribution in [0.15, 0.2) is 48.5 Å². The lowest BCUT2D eigenvalue weighted by Crippen LogP contribution is -2.42. The van der Waals surface area contributed by atoms with Crippen LogP contribution in [0.2, 0.25) is 0 Å². The van der Waals surface area contributed by atoms with Gasteiger partial charge in [0, 0.05) is 31.1 Å². The number of carboxylic acids is 2. The van der Waals surface area contributed by atoms with E-state index in [0.29, 0.717) is 18.8 Å². The minimum absolute atomic E-state index is 0.0822. The zero-order valence-corrected chi connectivity index (χ0v) is 19.5. The van der Waals surface area contributed by atoms with Gasteiger partial charge < -0.3 is 25.0 Å². The molecule has 3 N–H and O–H groups in total. The first-order valence-corrected chi connectivity index (χ1v) is 11.1. The van der Waals surface area contributed by atoms with Crippen LogP contribution in [-0.2, 0) is 27.5 Å². The monoisotopic (exact) mass is 472 g/mol. The second kappa shape index (κ2) is 13.2. The van der Waals surface area contributed by atoms with Crippen LogP contribution in [0, 0.1) is 5.92 Å². The molecule has 184 valence electrons. The molecule has 0 bridgehead atoms. The molecule has 3 rings (SSSR count). The third-order valence-corrected chi connectivity index (χ3v) is 5.73. The first kappa shape index (κ1) is 26.7. The molecule has 0 aliphatic carbocycles. The van der Waals surface area contributed by atoms with Crippen molar-refractivity contribution >= 4 is 17.8 Å². The van der Waals surface area contributed by atoms with Gasteiger partial charge >= 0.3 is 11.9 Å². The molecule has 1 fully saturated rings. The number of aromatic hydroxyl groups is 1.